The van der Waals surface area contributed by atoms with E-state index in [4.69, 9.17) is 11.6 Å². The quantitative estimate of drug-likeness (QED) is 0.922. The zero-order valence-corrected chi connectivity index (χ0v) is 12.5. The summed E-state index contributed by atoms with van der Waals surface area (Å²) in [5.41, 5.74) is 1.13. The number of rotatable bonds is 3. The van der Waals surface area contributed by atoms with Gasteiger partial charge in [0.05, 0.1) is 6.54 Å². The fraction of sp³-hybridized carbons (Fsp3) is 0.462. The van der Waals surface area contributed by atoms with Crippen LogP contribution in [0, 0.1) is 0 Å². The van der Waals surface area contributed by atoms with Crippen molar-refractivity contribution in [3.63, 3.8) is 0 Å². The number of carbonyl (C=O) groups is 1. The van der Waals surface area contributed by atoms with Crippen LogP contribution in [0.1, 0.15) is 0 Å². The zero-order chi connectivity index (χ0) is 13.0. The van der Waals surface area contributed by atoms with Crippen molar-refractivity contribution in [1.29, 1.82) is 0 Å². The normalized spacial score (nSPS) is 15.1. The molecule has 0 unspecified atom stereocenters. The minimum absolute atomic E-state index is 0. The molecule has 1 saturated heterocycles. The third-order valence-corrected chi connectivity index (χ3v) is 3.37. The molecule has 1 amide bonds. The summed E-state index contributed by atoms with van der Waals surface area (Å²) in [7, 11) is 1.79. The summed E-state index contributed by atoms with van der Waals surface area (Å²) in [4.78, 5) is 15.9. The van der Waals surface area contributed by atoms with Crippen molar-refractivity contribution in [2.24, 2.45) is 0 Å². The van der Waals surface area contributed by atoms with E-state index < -0.39 is 0 Å². The maximum atomic E-state index is 11.7. The standard InChI is InChI=1S/C13H18ClN3O.ClH/c1-15-10-13(18)17-7-5-16(6-8-17)12-4-2-3-11(14)9-12;/h2-4,9,15H,5-8,10H2,1H3;1H. The number of hydrogen-bond acceptors (Lipinski definition) is 3. The van der Waals surface area contributed by atoms with Crippen molar-refractivity contribution in [2.75, 3.05) is 44.7 Å². The number of hydrogen-bond donors (Lipinski definition) is 1. The van der Waals surface area contributed by atoms with Crippen molar-refractivity contribution >= 4 is 35.6 Å². The van der Waals surface area contributed by atoms with E-state index in [1.54, 1.807) is 7.05 Å². The summed E-state index contributed by atoms with van der Waals surface area (Å²) < 4.78 is 0. The Morgan fingerprint density at radius 2 is 2.00 bits per heavy atom. The Hall–Kier alpha value is -0.970. The topological polar surface area (TPSA) is 35.6 Å². The zero-order valence-electron chi connectivity index (χ0n) is 10.9. The van der Waals surface area contributed by atoms with Gasteiger partial charge in [-0.15, -0.1) is 12.4 Å². The number of carbonyl (C=O) groups excluding carboxylic acids is 1. The maximum Gasteiger partial charge on any atom is 0.236 e. The van der Waals surface area contributed by atoms with Crippen LogP contribution < -0.4 is 10.2 Å². The largest absolute Gasteiger partial charge is 0.368 e. The maximum absolute atomic E-state index is 11.7. The van der Waals surface area contributed by atoms with Gasteiger partial charge in [0, 0.05) is 36.9 Å². The van der Waals surface area contributed by atoms with E-state index in [0.717, 1.165) is 36.9 Å². The summed E-state index contributed by atoms with van der Waals surface area (Å²) in [5, 5.41) is 3.64. The smallest absolute Gasteiger partial charge is 0.236 e. The predicted octanol–water partition coefficient (Wildman–Crippen LogP) is 1.63. The van der Waals surface area contributed by atoms with Crippen LogP contribution in [-0.4, -0.2) is 50.6 Å². The number of piperazine rings is 1. The van der Waals surface area contributed by atoms with E-state index in [1.165, 1.54) is 0 Å². The lowest BCUT2D eigenvalue weighted by molar-refractivity contribution is -0.130. The number of likely N-dealkylation sites (N-methyl/N-ethyl adjacent to an activating group) is 1. The highest BCUT2D eigenvalue weighted by molar-refractivity contribution is 6.30. The van der Waals surface area contributed by atoms with E-state index in [2.05, 4.69) is 16.3 Å². The van der Waals surface area contributed by atoms with E-state index >= 15 is 0 Å². The van der Waals surface area contributed by atoms with Crippen LogP contribution in [0.3, 0.4) is 0 Å². The molecule has 0 radical (unpaired) electrons. The first-order valence-corrected chi connectivity index (χ1v) is 6.51. The molecule has 1 aliphatic heterocycles. The second-order valence-corrected chi connectivity index (χ2v) is 4.81. The Bertz CT molecular complexity index is 420. The molecule has 2 rings (SSSR count). The molecule has 1 N–H and O–H groups in total. The van der Waals surface area contributed by atoms with Crippen molar-refractivity contribution < 1.29 is 4.79 Å². The van der Waals surface area contributed by atoms with Gasteiger partial charge in [0.1, 0.15) is 0 Å². The molecule has 0 spiro atoms. The van der Waals surface area contributed by atoms with Crippen molar-refractivity contribution in [2.45, 2.75) is 0 Å². The number of nitrogens with one attached hydrogen (secondary N) is 1. The van der Waals surface area contributed by atoms with Crippen LogP contribution in [-0.2, 0) is 4.79 Å². The molecule has 4 nitrogen and oxygen atoms in total. The van der Waals surface area contributed by atoms with Gasteiger partial charge in [-0.05, 0) is 25.2 Å². The van der Waals surface area contributed by atoms with Gasteiger partial charge in [-0.25, -0.2) is 0 Å². The Morgan fingerprint density at radius 1 is 1.32 bits per heavy atom. The summed E-state index contributed by atoms with van der Waals surface area (Å²) in [6, 6.07) is 7.84. The molecule has 0 aromatic heterocycles. The molecule has 0 bridgehead atoms. The summed E-state index contributed by atoms with van der Waals surface area (Å²) >= 11 is 5.98. The summed E-state index contributed by atoms with van der Waals surface area (Å²) in [6.45, 7) is 3.67. The Morgan fingerprint density at radius 3 is 2.58 bits per heavy atom. The van der Waals surface area contributed by atoms with Gasteiger partial charge in [-0.2, -0.15) is 0 Å². The first kappa shape index (κ1) is 16.1. The predicted molar refractivity (Wildman–Crippen MR) is 81.4 cm³/mol. The Balaban J connectivity index is 0.00000180. The van der Waals surface area contributed by atoms with Gasteiger partial charge in [0.15, 0.2) is 0 Å². The molecule has 1 fully saturated rings. The molecule has 106 valence electrons. The molecule has 0 saturated carbocycles. The molecule has 1 aromatic rings. The highest BCUT2D eigenvalue weighted by atomic mass is 35.5. The lowest BCUT2D eigenvalue weighted by atomic mass is 10.2. The van der Waals surface area contributed by atoms with Crippen LogP contribution in [0.15, 0.2) is 24.3 Å². The third kappa shape index (κ3) is 4.27. The second kappa shape index (κ2) is 7.58. The van der Waals surface area contributed by atoms with E-state index in [-0.39, 0.29) is 18.3 Å². The second-order valence-electron chi connectivity index (χ2n) is 4.38. The third-order valence-electron chi connectivity index (χ3n) is 3.13. The molecule has 6 heteroatoms. The molecule has 0 atom stereocenters. The monoisotopic (exact) mass is 303 g/mol. The number of amides is 1. The highest BCUT2D eigenvalue weighted by Gasteiger charge is 2.20. The van der Waals surface area contributed by atoms with Crippen LogP contribution in [0.5, 0.6) is 0 Å². The Kier molecular flexibility index (Phi) is 6.42. The van der Waals surface area contributed by atoms with Crippen molar-refractivity contribution in [1.82, 2.24) is 10.2 Å². The molecule has 19 heavy (non-hydrogen) atoms. The SMILES string of the molecule is CNCC(=O)N1CCN(c2cccc(Cl)c2)CC1.Cl. The fourth-order valence-corrected chi connectivity index (χ4v) is 2.33. The first-order chi connectivity index (χ1) is 8.70. The fourth-order valence-electron chi connectivity index (χ4n) is 2.15. The molecule has 1 aliphatic rings. The molecule has 0 aliphatic carbocycles. The average Bonchev–Trinajstić information content (AvgIpc) is 2.39. The lowest BCUT2D eigenvalue weighted by Crippen LogP contribution is -2.50. The molecular weight excluding hydrogens is 285 g/mol. The number of nitrogens with zero attached hydrogens (tertiary/aromatic N) is 2. The van der Waals surface area contributed by atoms with Gasteiger partial charge in [0.25, 0.3) is 0 Å². The lowest BCUT2D eigenvalue weighted by Gasteiger charge is -2.36. The minimum atomic E-state index is 0. The van der Waals surface area contributed by atoms with Crippen LogP contribution >= 0.6 is 24.0 Å². The van der Waals surface area contributed by atoms with Crippen molar-refractivity contribution in [3.05, 3.63) is 29.3 Å². The van der Waals surface area contributed by atoms with Crippen molar-refractivity contribution in [3.8, 4) is 0 Å². The Labute approximate surface area is 125 Å². The van der Waals surface area contributed by atoms with Gasteiger partial charge in [-0.1, -0.05) is 17.7 Å². The highest BCUT2D eigenvalue weighted by Crippen LogP contribution is 2.20. The van der Waals surface area contributed by atoms with E-state index in [9.17, 15) is 4.79 Å². The van der Waals surface area contributed by atoms with Gasteiger partial charge >= 0.3 is 0 Å². The average molecular weight is 304 g/mol. The van der Waals surface area contributed by atoms with Gasteiger partial charge < -0.3 is 15.1 Å². The number of anilines is 1. The van der Waals surface area contributed by atoms with Gasteiger partial charge in [0.2, 0.25) is 5.91 Å². The minimum Gasteiger partial charge on any atom is -0.368 e. The van der Waals surface area contributed by atoms with E-state index in [0.29, 0.717) is 6.54 Å². The van der Waals surface area contributed by atoms with Crippen LogP contribution in [0.2, 0.25) is 5.02 Å². The van der Waals surface area contributed by atoms with Crippen LogP contribution in [0.25, 0.3) is 0 Å². The van der Waals surface area contributed by atoms with Crippen LogP contribution in [0.4, 0.5) is 5.69 Å². The summed E-state index contributed by atoms with van der Waals surface area (Å²) in [6.07, 6.45) is 0. The van der Waals surface area contributed by atoms with Gasteiger partial charge in [-0.3, -0.25) is 4.79 Å². The van der Waals surface area contributed by atoms with E-state index in [1.807, 2.05) is 23.1 Å². The first-order valence-electron chi connectivity index (χ1n) is 6.13. The summed E-state index contributed by atoms with van der Waals surface area (Å²) in [5.74, 6) is 0.170. The molecule has 1 aromatic carbocycles. The molecule has 1 heterocycles. The number of benzene rings is 1. The number of halogens is 2. The molecular formula is C13H19Cl2N3O.